The van der Waals surface area contributed by atoms with E-state index in [1.54, 1.807) is 11.8 Å². The highest BCUT2D eigenvalue weighted by Gasteiger charge is 2.41. The van der Waals surface area contributed by atoms with E-state index in [4.69, 9.17) is 17.3 Å². The van der Waals surface area contributed by atoms with Crippen LogP contribution in [-0.2, 0) is 10.5 Å². The van der Waals surface area contributed by atoms with Crippen LogP contribution < -0.4 is 10.6 Å². The van der Waals surface area contributed by atoms with Crippen molar-refractivity contribution in [3.8, 4) is 6.07 Å². The fourth-order valence-corrected chi connectivity index (χ4v) is 6.82. The molecule has 0 amide bonds. The number of hydrogen-bond acceptors (Lipinski definition) is 5. The largest absolute Gasteiger partial charge is 0.384 e. The molecule has 5 rings (SSSR count). The van der Waals surface area contributed by atoms with Gasteiger partial charge < -0.3 is 5.73 Å². The fraction of sp³-hybridized carbons (Fsp3) is 0.273. The number of carbonyl (C=O) groups excluding carboxylic acids is 1. The van der Waals surface area contributed by atoms with E-state index in [0.29, 0.717) is 34.8 Å². The number of carbonyl (C=O) groups is 1. The van der Waals surface area contributed by atoms with Gasteiger partial charge in [-0.15, -0.1) is 11.8 Å². The summed E-state index contributed by atoms with van der Waals surface area (Å²) < 4.78 is 0. The van der Waals surface area contributed by atoms with Crippen LogP contribution in [0.5, 0.6) is 0 Å². The Bertz CT molecular complexity index is 1580. The van der Waals surface area contributed by atoms with Crippen LogP contribution in [0.2, 0.25) is 5.02 Å². The number of thioether (sulfide) groups is 1. The first-order valence-corrected chi connectivity index (χ1v) is 14.6. The lowest BCUT2D eigenvalue weighted by atomic mass is 9.74. The van der Waals surface area contributed by atoms with E-state index in [-0.39, 0.29) is 5.78 Å². The topological polar surface area (TPSA) is 70.1 Å². The minimum absolute atomic E-state index is 0.0849. The zero-order valence-corrected chi connectivity index (χ0v) is 24.3. The molecule has 39 heavy (non-hydrogen) atoms. The SMILES string of the molecule is Cc1ccc(SCc2cc(C3C(C#N)=C(N)N(c4cccc(Cl)c4C)C4=C3C(=O)CCC4)c(C)cc2C)cc1. The number of hydrogen-bond donors (Lipinski definition) is 1. The summed E-state index contributed by atoms with van der Waals surface area (Å²) in [5, 5.41) is 11.1. The zero-order chi connectivity index (χ0) is 27.8. The van der Waals surface area contributed by atoms with Gasteiger partial charge in [-0.05, 0) is 92.6 Å². The number of anilines is 1. The highest BCUT2D eigenvalue weighted by atomic mass is 35.5. The Morgan fingerprint density at radius 3 is 2.51 bits per heavy atom. The molecule has 0 bridgehead atoms. The monoisotopic (exact) mass is 553 g/mol. The van der Waals surface area contributed by atoms with E-state index in [0.717, 1.165) is 40.2 Å². The maximum atomic E-state index is 13.6. The van der Waals surface area contributed by atoms with Crippen molar-refractivity contribution in [3.63, 3.8) is 0 Å². The fourth-order valence-electron chi connectivity index (χ4n) is 5.69. The van der Waals surface area contributed by atoms with E-state index >= 15 is 0 Å². The van der Waals surface area contributed by atoms with Gasteiger partial charge in [0.2, 0.25) is 0 Å². The van der Waals surface area contributed by atoms with Crippen molar-refractivity contribution in [1.29, 1.82) is 5.26 Å². The molecule has 198 valence electrons. The summed E-state index contributed by atoms with van der Waals surface area (Å²) >= 11 is 8.27. The first kappa shape index (κ1) is 27.1. The lowest BCUT2D eigenvalue weighted by Crippen LogP contribution is -2.39. The van der Waals surface area contributed by atoms with Gasteiger partial charge in [0.25, 0.3) is 0 Å². The van der Waals surface area contributed by atoms with Crippen LogP contribution in [0.1, 0.15) is 58.6 Å². The number of ketones is 1. The number of aryl methyl sites for hydroxylation is 3. The summed E-state index contributed by atoms with van der Waals surface area (Å²) in [6.45, 7) is 8.21. The van der Waals surface area contributed by atoms with E-state index in [2.05, 4.69) is 63.2 Å². The first-order valence-electron chi connectivity index (χ1n) is 13.2. The second kappa shape index (κ2) is 11.0. The normalized spacial score (nSPS) is 17.4. The first-order chi connectivity index (χ1) is 18.7. The average Bonchev–Trinajstić information content (AvgIpc) is 2.91. The van der Waals surface area contributed by atoms with Crippen molar-refractivity contribution in [2.24, 2.45) is 5.73 Å². The standard InChI is InChI=1S/C33H32ClN3OS/c1-19-11-13-24(14-12-19)39-18-23-16-25(21(3)15-20(23)2)31-26(17-35)33(36)37(28-8-5-7-27(34)22(28)4)29-9-6-10-30(38)32(29)31/h5,7-8,11-16,31H,6,9-10,18,36H2,1-4H3. The summed E-state index contributed by atoms with van der Waals surface area (Å²) in [6, 6.07) is 21.0. The minimum atomic E-state index is -0.489. The van der Waals surface area contributed by atoms with Crippen molar-refractivity contribution in [2.75, 3.05) is 4.90 Å². The van der Waals surface area contributed by atoms with E-state index in [1.807, 2.05) is 30.0 Å². The van der Waals surface area contributed by atoms with Gasteiger partial charge in [0.05, 0.1) is 23.2 Å². The van der Waals surface area contributed by atoms with Crippen LogP contribution >= 0.6 is 23.4 Å². The lowest BCUT2D eigenvalue weighted by Gasteiger charge is -2.40. The molecule has 0 aromatic heterocycles. The molecule has 0 fully saturated rings. The average molecular weight is 554 g/mol. The molecule has 1 atom stereocenters. The highest BCUT2D eigenvalue weighted by molar-refractivity contribution is 7.98. The highest BCUT2D eigenvalue weighted by Crippen LogP contribution is 2.48. The minimum Gasteiger partial charge on any atom is -0.384 e. The number of allylic oxidation sites excluding steroid dienone is 3. The number of nitrogens with zero attached hydrogens (tertiary/aromatic N) is 2. The molecular weight excluding hydrogens is 522 g/mol. The molecule has 3 aromatic rings. The number of Topliss-reactive ketones (excluding diaryl/α,β-unsaturated/α-hetero) is 1. The second-order valence-corrected chi connectivity index (χ2v) is 11.9. The smallest absolute Gasteiger partial charge is 0.161 e. The van der Waals surface area contributed by atoms with Crippen molar-refractivity contribution >= 4 is 34.8 Å². The molecule has 1 aliphatic carbocycles. The summed E-state index contributed by atoms with van der Waals surface area (Å²) in [5.41, 5.74) is 16.1. The zero-order valence-electron chi connectivity index (χ0n) is 22.8. The molecule has 1 heterocycles. The van der Waals surface area contributed by atoms with Gasteiger partial charge in [0.1, 0.15) is 5.82 Å². The molecule has 2 N–H and O–H groups in total. The van der Waals surface area contributed by atoms with Crippen LogP contribution in [0, 0.1) is 39.0 Å². The molecule has 0 saturated heterocycles. The molecule has 4 nitrogen and oxygen atoms in total. The van der Waals surface area contributed by atoms with Gasteiger partial charge in [-0.25, -0.2) is 0 Å². The molecule has 1 unspecified atom stereocenters. The number of halogens is 1. The van der Waals surface area contributed by atoms with Gasteiger partial charge in [-0.3, -0.25) is 9.69 Å². The maximum Gasteiger partial charge on any atom is 0.161 e. The van der Waals surface area contributed by atoms with E-state index < -0.39 is 5.92 Å². The second-order valence-electron chi connectivity index (χ2n) is 10.4. The van der Waals surface area contributed by atoms with Gasteiger partial charge in [-0.2, -0.15) is 5.26 Å². The number of nitriles is 1. The van der Waals surface area contributed by atoms with Gasteiger partial charge in [0, 0.05) is 33.4 Å². The summed E-state index contributed by atoms with van der Waals surface area (Å²) in [7, 11) is 0. The Hall–Kier alpha value is -3.46. The Kier molecular flexibility index (Phi) is 7.62. The van der Waals surface area contributed by atoms with Crippen LogP contribution in [-0.4, -0.2) is 5.78 Å². The van der Waals surface area contributed by atoms with E-state index in [1.165, 1.54) is 21.6 Å². The molecule has 1 aliphatic heterocycles. The van der Waals surface area contributed by atoms with E-state index in [9.17, 15) is 10.1 Å². The van der Waals surface area contributed by atoms with Gasteiger partial charge >= 0.3 is 0 Å². The third kappa shape index (κ3) is 5.00. The van der Waals surface area contributed by atoms with Crippen LogP contribution in [0.25, 0.3) is 0 Å². The molecule has 2 aliphatic rings. The number of nitrogens with two attached hydrogens (primary N) is 1. The molecule has 0 spiro atoms. The van der Waals surface area contributed by atoms with Crippen molar-refractivity contribution in [3.05, 3.63) is 116 Å². The summed E-state index contributed by atoms with van der Waals surface area (Å²) in [5.74, 6) is 0.764. The Morgan fingerprint density at radius 2 is 1.79 bits per heavy atom. The maximum absolute atomic E-state index is 13.6. The van der Waals surface area contributed by atoms with Crippen LogP contribution in [0.3, 0.4) is 0 Å². The summed E-state index contributed by atoms with van der Waals surface area (Å²) in [4.78, 5) is 16.7. The third-order valence-corrected chi connectivity index (χ3v) is 9.31. The van der Waals surface area contributed by atoms with Gasteiger partial charge in [0.15, 0.2) is 5.78 Å². The van der Waals surface area contributed by atoms with Gasteiger partial charge in [-0.1, -0.05) is 47.5 Å². The lowest BCUT2D eigenvalue weighted by molar-refractivity contribution is -0.116. The Morgan fingerprint density at radius 1 is 1.05 bits per heavy atom. The summed E-state index contributed by atoms with van der Waals surface area (Å²) in [6.07, 6.45) is 1.93. The predicted molar refractivity (Wildman–Crippen MR) is 161 cm³/mol. The quantitative estimate of drug-likeness (QED) is 0.323. The molecular formula is C33H32ClN3OS. The predicted octanol–water partition coefficient (Wildman–Crippen LogP) is 8.17. The molecule has 0 radical (unpaired) electrons. The van der Waals surface area contributed by atoms with Crippen LogP contribution in [0.4, 0.5) is 5.69 Å². The van der Waals surface area contributed by atoms with Crippen molar-refractivity contribution in [2.45, 2.75) is 63.5 Å². The number of rotatable bonds is 5. The number of benzene rings is 3. The van der Waals surface area contributed by atoms with Crippen LogP contribution in [0.15, 0.2) is 82.2 Å². The molecule has 6 heteroatoms. The van der Waals surface area contributed by atoms with Crippen molar-refractivity contribution in [1.82, 2.24) is 0 Å². The van der Waals surface area contributed by atoms with Crippen molar-refractivity contribution < 1.29 is 4.79 Å². The Labute approximate surface area is 240 Å². The molecule has 0 saturated carbocycles. The Balaban J connectivity index is 1.64. The molecule has 3 aromatic carbocycles. The third-order valence-electron chi connectivity index (χ3n) is 7.84.